The highest BCUT2D eigenvalue weighted by atomic mass is 35.5. The van der Waals surface area contributed by atoms with E-state index in [4.69, 9.17) is 11.6 Å². The first-order valence-corrected chi connectivity index (χ1v) is 6.98. The summed E-state index contributed by atoms with van der Waals surface area (Å²) in [6, 6.07) is 9.91. The number of amides is 1. The Morgan fingerprint density at radius 2 is 1.83 bits per heavy atom. The maximum Gasteiger partial charge on any atom is 0.232 e. The van der Waals surface area contributed by atoms with Crippen LogP contribution >= 0.6 is 11.6 Å². The average Bonchev–Trinajstić information content (AvgIpc) is 2.38. The second-order valence-electron chi connectivity index (χ2n) is 4.97. The fourth-order valence-corrected chi connectivity index (χ4v) is 2.26. The van der Waals surface area contributed by atoms with E-state index in [1.54, 1.807) is 0 Å². The molecule has 0 fully saturated rings. The van der Waals surface area contributed by atoms with E-state index in [1.165, 1.54) is 0 Å². The molecule has 18 heavy (non-hydrogen) atoms. The van der Waals surface area contributed by atoms with Crippen molar-refractivity contribution in [1.29, 1.82) is 0 Å². The van der Waals surface area contributed by atoms with Gasteiger partial charge in [-0.15, -0.1) is 11.6 Å². The molecular weight excluding hydrogens is 246 g/mol. The van der Waals surface area contributed by atoms with E-state index in [1.807, 2.05) is 49.1 Å². The van der Waals surface area contributed by atoms with Crippen molar-refractivity contribution in [2.75, 3.05) is 19.0 Å². The fourth-order valence-electron chi connectivity index (χ4n) is 2.06. The zero-order valence-electron chi connectivity index (χ0n) is 11.4. The molecule has 0 radical (unpaired) electrons. The summed E-state index contributed by atoms with van der Waals surface area (Å²) in [5, 5.41) is 0. The van der Waals surface area contributed by atoms with Crippen molar-refractivity contribution < 1.29 is 4.79 Å². The molecule has 0 atom stereocenters. The van der Waals surface area contributed by atoms with E-state index < -0.39 is 5.41 Å². The third-order valence-corrected chi connectivity index (χ3v) is 3.33. The Bertz CT molecular complexity index is 369. The van der Waals surface area contributed by atoms with Crippen LogP contribution in [-0.2, 0) is 10.2 Å². The minimum atomic E-state index is -0.498. The smallest absolute Gasteiger partial charge is 0.232 e. The number of halogens is 1. The Morgan fingerprint density at radius 1 is 1.22 bits per heavy atom. The van der Waals surface area contributed by atoms with Crippen molar-refractivity contribution in [3.63, 3.8) is 0 Å². The van der Waals surface area contributed by atoms with Gasteiger partial charge in [-0.25, -0.2) is 0 Å². The summed E-state index contributed by atoms with van der Waals surface area (Å²) in [5.41, 5.74) is 0.549. The quantitative estimate of drug-likeness (QED) is 0.723. The van der Waals surface area contributed by atoms with Crippen molar-refractivity contribution in [1.82, 2.24) is 4.90 Å². The lowest BCUT2D eigenvalue weighted by Gasteiger charge is -2.32. The van der Waals surface area contributed by atoms with E-state index in [0.717, 1.165) is 18.5 Å². The van der Waals surface area contributed by atoms with Gasteiger partial charge >= 0.3 is 0 Å². The van der Waals surface area contributed by atoms with Gasteiger partial charge in [0.05, 0.1) is 5.41 Å². The molecule has 0 aliphatic rings. The van der Waals surface area contributed by atoms with Crippen LogP contribution in [0.4, 0.5) is 0 Å². The van der Waals surface area contributed by atoms with Crippen LogP contribution in [0, 0.1) is 0 Å². The molecule has 1 amide bonds. The number of hydrogen-bond donors (Lipinski definition) is 0. The van der Waals surface area contributed by atoms with Gasteiger partial charge in [-0.05, 0) is 25.8 Å². The highest BCUT2D eigenvalue weighted by Crippen LogP contribution is 2.25. The van der Waals surface area contributed by atoms with Gasteiger partial charge in [0.25, 0.3) is 0 Å². The molecule has 0 aromatic heterocycles. The zero-order chi connectivity index (χ0) is 13.6. The SMILES string of the molecule is CCCN(CCCl)C(=O)C(C)(C)c1ccccc1. The lowest BCUT2D eigenvalue weighted by molar-refractivity contribution is -0.136. The minimum absolute atomic E-state index is 0.149. The predicted molar refractivity (Wildman–Crippen MR) is 77.1 cm³/mol. The first kappa shape index (κ1) is 15.0. The first-order valence-electron chi connectivity index (χ1n) is 6.45. The van der Waals surface area contributed by atoms with Crippen molar-refractivity contribution in [3.05, 3.63) is 35.9 Å². The Kier molecular flexibility index (Phi) is 5.67. The highest BCUT2D eigenvalue weighted by Gasteiger charge is 2.32. The summed E-state index contributed by atoms with van der Waals surface area (Å²) in [7, 11) is 0. The Morgan fingerprint density at radius 3 is 2.33 bits per heavy atom. The van der Waals surface area contributed by atoms with Gasteiger partial charge in [0.1, 0.15) is 0 Å². The summed E-state index contributed by atoms with van der Waals surface area (Å²) >= 11 is 5.78. The summed E-state index contributed by atoms with van der Waals surface area (Å²) in [6.45, 7) is 7.40. The monoisotopic (exact) mass is 267 g/mol. The number of rotatable bonds is 6. The average molecular weight is 268 g/mol. The van der Waals surface area contributed by atoms with Gasteiger partial charge in [-0.2, -0.15) is 0 Å². The summed E-state index contributed by atoms with van der Waals surface area (Å²) in [5.74, 6) is 0.632. The molecule has 100 valence electrons. The fraction of sp³-hybridized carbons (Fsp3) is 0.533. The molecule has 3 heteroatoms. The first-order chi connectivity index (χ1) is 8.54. The molecule has 1 rings (SSSR count). The summed E-state index contributed by atoms with van der Waals surface area (Å²) in [6.07, 6.45) is 0.952. The Hall–Kier alpha value is -1.02. The van der Waals surface area contributed by atoms with Gasteiger partial charge < -0.3 is 4.90 Å². The highest BCUT2D eigenvalue weighted by molar-refractivity contribution is 6.18. The zero-order valence-corrected chi connectivity index (χ0v) is 12.2. The van der Waals surface area contributed by atoms with Crippen LogP contribution < -0.4 is 0 Å². The second kappa shape index (κ2) is 6.79. The van der Waals surface area contributed by atoms with Crippen LogP contribution in [-0.4, -0.2) is 29.8 Å². The number of carbonyl (C=O) groups is 1. The van der Waals surface area contributed by atoms with Crippen LogP contribution in [0.1, 0.15) is 32.8 Å². The molecule has 0 aliphatic carbocycles. The van der Waals surface area contributed by atoms with Crippen molar-refractivity contribution in [2.45, 2.75) is 32.6 Å². The van der Waals surface area contributed by atoms with E-state index in [-0.39, 0.29) is 5.91 Å². The topological polar surface area (TPSA) is 20.3 Å². The van der Waals surface area contributed by atoms with E-state index in [9.17, 15) is 4.79 Å². The second-order valence-corrected chi connectivity index (χ2v) is 5.35. The molecule has 0 aliphatic heterocycles. The van der Waals surface area contributed by atoms with Gasteiger partial charge in [0, 0.05) is 19.0 Å². The molecule has 0 saturated carbocycles. The van der Waals surface area contributed by atoms with Gasteiger partial charge in [0.2, 0.25) is 5.91 Å². The molecule has 2 nitrogen and oxygen atoms in total. The lowest BCUT2D eigenvalue weighted by Crippen LogP contribution is -2.44. The van der Waals surface area contributed by atoms with Crippen LogP contribution in [0.25, 0.3) is 0 Å². The molecule has 0 saturated heterocycles. The number of nitrogens with zero attached hydrogens (tertiary/aromatic N) is 1. The molecule has 0 N–H and O–H groups in total. The number of benzene rings is 1. The maximum atomic E-state index is 12.6. The molecule has 0 heterocycles. The normalized spacial score (nSPS) is 11.3. The third-order valence-electron chi connectivity index (χ3n) is 3.17. The predicted octanol–water partition coefficient (Wildman–Crippen LogP) is 3.44. The van der Waals surface area contributed by atoms with Gasteiger partial charge in [-0.3, -0.25) is 4.79 Å². The molecular formula is C15H22ClNO. The minimum Gasteiger partial charge on any atom is -0.341 e. The summed E-state index contributed by atoms with van der Waals surface area (Å²) in [4.78, 5) is 14.5. The number of alkyl halides is 1. The lowest BCUT2D eigenvalue weighted by atomic mass is 9.83. The van der Waals surface area contributed by atoms with Gasteiger partial charge in [-0.1, -0.05) is 37.3 Å². The van der Waals surface area contributed by atoms with Gasteiger partial charge in [0.15, 0.2) is 0 Å². The van der Waals surface area contributed by atoms with Crippen LogP contribution in [0.5, 0.6) is 0 Å². The molecule has 0 bridgehead atoms. The van der Waals surface area contributed by atoms with Crippen LogP contribution in [0.3, 0.4) is 0 Å². The number of carbonyl (C=O) groups excluding carboxylic acids is 1. The molecule has 0 spiro atoms. The van der Waals surface area contributed by atoms with Crippen molar-refractivity contribution >= 4 is 17.5 Å². The maximum absolute atomic E-state index is 12.6. The van der Waals surface area contributed by atoms with Crippen molar-refractivity contribution in [2.24, 2.45) is 0 Å². The molecule has 0 unspecified atom stereocenters. The van der Waals surface area contributed by atoms with E-state index in [0.29, 0.717) is 12.4 Å². The van der Waals surface area contributed by atoms with E-state index in [2.05, 4.69) is 6.92 Å². The Balaban J connectivity index is 2.92. The largest absolute Gasteiger partial charge is 0.341 e. The molecule has 1 aromatic rings. The van der Waals surface area contributed by atoms with E-state index >= 15 is 0 Å². The summed E-state index contributed by atoms with van der Waals surface area (Å²) < 4.78 is 0. The third kappa shape index (κ3) is 3.49. The van der Waals surface area contributed by atoms with Crippen LogP contribution in [0.2, 0.25) is 0 Å². The number of hydrogen-bond acceptors (Lipinski definition) is 1. The van der Waals surface area contributed by atoms with Crippen LogP contribution in [0.15, 0.2) is 30.3 Å². The van der Waals surface area contributed by atoms with Crippen molar-refractivity contribution in [3.8, 4) is 0 Å². The standard InChI is InChI=1S/C15H22ClNO/c1-4-11-17(12-10-16)14(18)15(2,3)13-8-6-5-7-9-13/h5-9H,4,10-12H2,1-3H3. The molecule has 1 aromatic carbocycles. The Labute approximate surface area is 115 Å².